The lowest BCUT2D eigenvalue weighted by molar-refractivity contribution is -0.125. The molecule has 0 saturated heterocycles. The molecule has 1 amide bonds. The molecule has 3 aromatic rings. The first-order valence-electron chi connectivity index (χ1n) is 13.3. The van der Waals surface area contributed by atoms with Crippen molar-refractivity contribution in [2.45, 2.75) is 45.7 Å². The Morgan fingerprint density at radius 2 is 1.55 bits per heavy atom. The van der Waals surface area contributed by atoms with Gasteiger partial charge in [-0.3, -0.25) is 4.79 Å². The van der Waals surface area contributed by atoms with Gasteiger partial charge in [0.25, 0.3) is 0 Å². The Kier molecular flexibility index (Phi) is 12.9. The van der Waals surface area contributed by atoms with E-state index >= 15 is 0 Å². The quantitative estimate of drug-likeness (QED) is 0.185. The first-order chi connectivity index (χ1) is 19.2. The van der Waals surface area contributed by atoms with Gasteiger partial charge in [0, 0.05) is 24.7 Å². The highest BCUT2D eigenvalue weighted by Crippen LogP contribution is 2.34. The summed E-state index contributed by atoms with van der Waals surface area (Å²) in [7, 11) is 1.67. The zero-order chi connectivity index (χ0) is 29.1. The molecule has 2 atom stereocenters. The summed E-state index contributed by atoms with van der Waals surface area (Å²) in [6, 6.07) is 16.8. The number of benzene rings is 3. The van der Waals surface area contributed by atoms with E-state index in [9.17, 15) is 4.79 Å². The minimum absolute atomic E-state index is 0.0985. The number of halogens is 3. The second-order valence-corrected chi connectivity index (χ2v) is 10.9. The zero-order valence-corrected chi connectivity index (χ0v) is 25.4. The van der Waals surface area contributed by atoms with Crippen LogP contribution in [0.5, 0.6) is 11.5 Å². The lowest BCUT2D eigenvalue weighted by atomic mass is 9.90. The first-order valence-corrected chi connectivity index (χ1v) is 14.4. The molecule has 6 nitrogen and oxygen atoms in total. The number of methoxy groups -OCH3 is 1. The summed E-state index contributed by atoms with van der Waals surface area (Å²) in [5, 5.41) is 4.59. The second-order valence-electron chi connectivity index (χ2n) is 9.67. The van der Waals surface area contributed by atoms with Gasteiger partial charge < -0.3 is 25.3 Å². The highest BCUT2D eigenvalue weighted by Gasteiger charge is 2.25. The molecular formula is C31H37Cl3N2O4. The number of ether oxygens (including phenoxy) is 3. The van der Waals surface area contributed by atoms with Crippen LogP contribution in [-0.2, 0) is 28.9 Å². The Morgan fingerprint density at radius 3 is 2.20 bits per heavy atom. The lowest BCUT2D eigenvalue weighted by Crippen LogP contribution is -2.42. The van der Waals surface area contributed by atoms with E-state index in [2.05, 4.69) is 5.32 Å². The fourth-order valence-corrected chi connectivity index (χ4v) is 5.17. The van der Waals surface area contributed by atoms with Crippen LogP contribution in [0.15, 0.2) is 54.6 Å². The standard InChI is InChI=1S/C31H37Cl3N2O4/c1-4-29(35)25(31(37)36-19-23-17-22(11-12-38-3)7-10-26(23)32)18-21-5-8-24(9-6-21)39-13-14-40-30-27(33)15-20(2)16-28(30)34/h5-10,15-17,25,29H,4,11-14,18-19,35H2,1-3H3,(H,36,37). The molecule has 0 aliphatic carbocycles. The average Bonchev–Trinajstić information content (AvgIpc) is 2.94. The van der Waals surface area contributed by atoms with Gasteiger partial charge >= 0.3 is 0 Å². The number of hydrogen-bond acceptors (Lipinski definition) is 5. The highest BCUT2D eigenvalue weighted by molar-refractivity contribution is 6.37. The SMILES string of the molecule is CCC(N)C(Cc1ccc(OCCOc2c(Cl)cc(C)cc2Cl)cc1)C(=O)NCc1cc(CCOC)ccc1Cl. The van der Waals surface area contributed by atoms with Crippen molar-refractivity contribution in [1.29, 1.82) is 0 Å². The summed E-state index contributed by atoms with van der Waals surface area (Å²) >= 11 is 18.8. The van der Waals surface area contributed by atoms with Gasteiger partial charge in [-0.2, -0.15) is 0 Å². The highest BCUT2D eigenvalue weighted by atomic mass is 35.5. The van der Waals surface area contributed by atoms with E-state index in [1.807, 2.05) is 56.3 Å². The molecule has 3 N–H and O–H groups in total. The van der Waals surface area contributed by atoms with Gasteiger partial charge in [-0.05, 0) is 78.8 Å². The third-order valence-corrected chi connectivity index (χ3v) is 7.53. The number of hydrogen-bond donors (Lipinski definition) is 2. The Morgan fingerprint density at radius 1 is 0.900 bits per heavy atom. The van der Waals surface area contributed by atoms with Crippen molar-refractivity contribution >= 4 is 40.7 Å². The maximum atomic E-state index is 13.2. The summed E-state index contributed by atoms with van der Waals surface area (Å²) < 4.78 is 16.7. The fourth-order valence-electron chi connectivity index (χ4n) is 4.28. The molecule has 0 aliphatic heterocycles. The van der Waals surface area contributed by atoms with E-state index in [-0.39, 0.29) is 24.5 Å². The third kappa shape index (κ3) is 9.57. The maximum Gasteiger partial charge on any atom is 0.225 e. The van der Waals surface area contributed by atoms with E-state index < -0.39 is 0 Å². The summed E-state index contributed by atoms with van der Waals surface area (Å²) in [6.07, 6.45) is 1.97. The van der Waals surface area contributed by atoms with Crippen molar-refractivity contribution in [3.05, 3.63) is 91.9 Å². The smallest absolute Gasteiger partial charge is 0.225 e. The molecule has 0 heterocycles. The first kappa shape index (κ1) is 32.0. The van der Waals surface area contributed by atoms with Crippen LogP contribution in [0.1, 0.15) is 35.6 Å². The molecule has 0 bridgehead atoms. The van der Waals surface area contributed by atoms with Gasteiger partial charge in [-0.1, -0.05) is 66.0 Å². The van der Waals surface area contributed by atoms with Gasteiger partial charge in [-0.25, -0.2) is 0 Å². The Hall–Kier alpha value is -2.48. The summed E-state index contributed by atoms with van der Waals surface area (Å²) in [6.45, 7) is 5.46. The molecule has 0 aliphatic rings. The third-order valence-electron chi connectivity index (χ3n) is 6.60. The van der Waals surface area contributed by atoms with Crippen LogP contribution in [0.4, 0.5) is 0 Å². The van der Waals surface area contributed by atoms with Gasteiger partial charge in [-0.15, -0.1) is 0 Å². The summed E-state index contributed by atoms with van der Waals surface area (Å²) in [5.41, 5.74) is 10.3. The molecule has 9 heteroatoms. The average molecular weight is 608 g/mol. The monoisotopic (exact) mass is 606 g/mol. The van der Waals surface area contributed by atoms with E-state index in [1.54, 1.807) is 19.2 Å². The van der Waals surface area contributed by atoms with Gasteiger partial charge in [0.1, 0.15) is 19.0 Å². The summed E-state index contributed by atoms with van der Waals surface area (Å²) in [4.78, 5) is 13.2. The van der Waals surface area contributed by atoms with Crippen molar-refractivity contribution in [3.63, 3.8) is 0 Å². The number of amides is 1. The molecule has 3 rings (SSSR count). The van der Waals surface area contributed by atoms with Crippen molar-refractivity contribution in [2.24, 2.45) is 11.7 Å². The normalized spacial score (nSPS) is 12.6. The van der Waals surface area contributed by atoms with Gasteiger partial charge in [0.05, 0.1) is 22.6 Å². The largest absolute Gasteiger partial charge is 0.490 e. The Labute approximate surface area is 252 Å². The summed E-state index contributed by atoms with van der Waals surface area (Å²) in [5.74, 6) is 0.658. The number of carbonyl (C=O) groups is 1. The van der Waals surface area contributed by atoms with Crippen LogP contribution in [0.2, 0.25) is 15.1 Å². The molecule has 216 valence electrons. The molecule has 0 aromatic heterocycles. The number of rotatable bonds is 15. The molecular weight excluding hydrogens is 571 g/mol. The van der Waals surface area contributed by atoms with Crippen LogP contribution < -0.4 is 20.5 Å². The van der Waals surface area contributed by atoms with E-state index in [0.29, 0.717) is 59.2 Å². The number of nitrogens with two attached hydrogens (primary N) is 1. The number of aryl methyl sites for hydroxylation is 1. The van der Waals surface area contributed by atoms with Crippen LogP contribution in [0, 0.1) is 12.8 Å². The predicted octanol–water partition coefficient (Wildman–Crippen LogP) is 6.81. The van der Waals surface area contributed by atoms with Crippen LogP contribution >= 0.6 is 34.8 Å². The van der Waals surface area contributed by atoms with Gasteiger partial charge in [0.2, 0.25) is 5.91 Å². The molecule has 0 radical (unpaired) electrons. The fraction of sp³-hybridized carbons (Fsp3) is 0.387. The van der Waals surface area contributed by atoms with Crippen LogP contribution in [0.3, 0.4) is 0 Å². The minimum Gasteiger partial charge on any atom is -0.490 e. The number of nitrogens with one attached hydrogen (secondary N) is 1. The number of carbonyl (C=O) groups excluding carboxylic acids is 1. The molecule has 0 fully saturated rings. The van der Waals surface area contributed by atoms with E-state index in [0.717, 1.165) is 28.7 Å². The molecule has 0 spiro atoms. The minimum atomic E-state index is -0.385. The second kappa shape index (κ2) is 16.1. The van der Waals surface area contributed by atoms with Gasteiger partial charge in [0.15, 0.2) is 5.75 Å². The van der Waals surface area contributed by atoms with E-state index in [1.165, 1.54) is 0 Å². The molecule has 40 heavy (non-hydrogen) atoms. The maximum absolute atomic E-state index is 13.2. The topological polar surface area (TPSA) is 82.8 Å². The van der Waals surface area contributed by atoms with Crippen LogP contribution in [0.25, 0.3) is 0 Å². The molecule has 2 unspecified atom stereocenters. The Balaban J connectivity index is 1.54. The van der Waals surface area contributed by atoms with Crippen molar-refractivity contribution < 1.29 is 19.0 Å². The zero-order valence-electron chi connectivity index (χ0n) is 23.1. The van der Waals surface area contributed by atoms with Crippen molar-refractivity contribution in [3.8, 4) is 11.5 Å². The predicted molar refractivity (Wildman–Crippen MR) is 163 cm³/mol. The molecule has 3 aromatic carbocycles. The lowest BCUT2D eigenvalue weighted by Gasteiger charge is -2.23. The van der Waals surface area contributed by atoms with E-state index in [4.69, 9.17) is 54.7 Å². The molecule has 0 saturated carbocycles. The van der Waals surface area contributed by atoms with Crippen molar-refractivity contribution in [1.82, 2.24) is 5.32 Å². The van der Waals surface area contributed by atoms with Crippen molar-refractivity contribution in [2.75, 3.05) is 26.9 Å². The Bertz CT molecular complexity index is 1230. The van der Waals surface area contributed by atoms with Crippen LogP contribution in [-0.4, -0.2) is 38.9 Å².